The molecule has 5 aliphatic carbocycles. The fraction of sp³-hybridized carbons (Fsp3) is 0.793. The van der Waals surface area contributed by atoms with Crippen LogP contribution in [0.4, 0.5) is 0 Å². The van der Waals surface area contributed by atoms with E-state index in [1.54, 1.807) is 0 Å². The number of aliphatic hydroxyl groups is 1. The maximum absolute atomic E-state index is 12.6. The third kappa shape index (κ3) is 2.68. The monoisotopic (exact) mass is 454 g/mol. The van der Waals surface area contributed by atoms with Crippen molar-refractivity contribution in [1.82, 2.24) is 0 Å². The van der Waals surface area contributed by atoms with Gasteiger partial charge in [0.15, 0.2) is 0 Å². The van der Waals surface area contributed by atoms with E-state index in [1.807, 2.05) is 6.92 Å². The number of carboxylic acids is 1. The van der Waals surface area contributed by atoms with E-state index in [1.165, 1.54) is 11.1 Å². The van der Waals surface area contributed by atoms with Gasteiger partial charge in [-0.15, -0.1) is 0 Å². The number of carboxylic acid groups (broad SMARTS) is 1. The van der Waals surface area contributed by atoms with Crippen molar-refractivity contribution in [3.63, 3.8) is 0 Å². The zero-order valence-corrected chi connectivity index (χ0v) is 21.0. The van der Waals surface area contributed by atoms with Crippen molar-refractivity contribution in [2.75, 3.05) is 0 Å². The highest BCUT2D eigenvalue weighted by molar-refractivity contribution is 5.77. The molecule has 0 heterocycles. The normalized spacial score (nSPS) is 53.6. The molecular weight excluding hydrogens is 412 g/mol. The average molecular weight is 455 g/mol. The standard InChI is InChI=1S/C29H42O4/c1-18-8-13-29(24(32)33)15-14-27(4)19(20(29)16-18)6-7-22-25(2)11-10-23(31)26(3,17-30)21(25)9-12-28(22,27)5/h6,17,20-23,31H,1,7-16H2,2-5H3,(H,32,33)/t20-,21?,22-,23+,25+,26?,27-,28-,29+/m1/s1. The molecule has 2 N–H and O–H groups in total. The molecule has 4 heteroatoms. The van der Waals surface area contributed by atoms with Gasteiger partial charge in [0.05, 0.1) is 16.9 Å². The quantitative estimate of drug-likeness (QED) is 0.400. The first-order valence-electron chi connectivity index (χ1n) is 13.1. The van der Waals surface area contributed by atoms with Crippen molar-refractivity contribution in [3.8, 4) is 0 Å². The molecule has 9 atom stereocenters. The fourth-order valence-corrected chi connectivity index (χ4v) is 10.1. The van der Waals surface area contributed by atoms with Crippen LogP contribution in [0.15, 0.2) is 23.8 Å². The number of hydrogen-bond acceptors (Lipinski definition) is 3. The van der Waals surface area contributed by atoms with Gasteiger partial charge in [0.2, 0.25) is 0 Å². The number of carbonyl (C=O) groups is 2. The first-order valence-corrected chi connectivity index (χ1v) is 13.1. The first kappa shape index (κ1) is 23.3. The Hall–Kier alpha value is -1.42. The second-order valence-electron chi connectivity index (χ2n) is 13.3. The van der Waals surface area contributed by atoms with Gasteiger partial charge in [-0.2, -0.15) is 0 Å². The van der Waals surface area contributed by atoms with Crippen LogP contribution in [0.3, 0.4) is 0 Å². The summed E-state index contributed by atoms with van der Waals surface area (Å²) < 4.78 is 0. The van der Waals surface area contributed by atoms with Crippen LogP contribution in [0.25, 0.3) is 0 Å². The molecule has 4 nitrogen and oxygen atoms in total. The van der Waals surface area contributed by atoms with Crippen LogP contribution in [0.5, 0.6) is 0 Å². The molecule has 2 unspecified atom stereocenters. The van der Waals surface area contributed by atoms with Crippen LogP contribution in [-0.4, -0.2) is 28.6 Å². The average Bonchev–Trinajstić information content (AvgIpc) is 2.77. The van der Waals surface area contributed by atoms with E-state index >= 15 is 0 Å². The fourth-order valence-electron chi connectivity index (χ4n) is 10.1. The summed E-state index contributed by atoms with van der Waals surface area (Å²) in [5.74, 6) is 0.0769. The number of allylic oxidation sites excluding steroid dienone is 3. The van der Waals surface area contributed by atoms with E-state index in [-0.39, 0.29) is 28.1 Å². The first-order chi connectivity index (χ1) is 15.4. The lowest BCUT2D eigenvalue weighted by Crippen LogP contribution is -2.65. The van der Waals surface area contributed by atoms with Crippen LogP contribution < -0.4 is 0 Å². The Morgan fingerprint density at radius 2 is 1.79 bits per heavy atom. The van der Waals surface area contributed by atoms with Crippen LogP contribution in [0.2, 0.25) is 0 Å². The lowest BCUT2D eigenvalue weighted by atomic mass is 9.34. The van der Waals surface area contributed by atoms with Gasteiger partial charge in [-0.1, -0.05) is 51.5 Å². The number of aliphatic hydroxyl groups excluding tert-OH is 1. The molecule has 0 aromatic rings. The summed E-state index contributed by atoms with van der Waals surface area (Å²) in [6.45, 7) is 13.5. The molecule has 0 aliphatic heterocycles. The smallest absolute Gasteiger partial charge is 0.310 e. The molecule has 5 aliphatic rings. The predicted octanol–water partition coefficient (Wildman–Crippen LogP) is 5.94. The summed E-state index contributed by atoms with van der Waals surface area (Å²) in [5.41, 5.74) is 1.33. The largest absolute Gasteiger partial charge is 0.481 e. The van der Waals surface area contributed by atoms with Crippen molar-refractivity contribution in [3.05, 3.63) is 23.8 Å². The summed E-state index contributed by atoms with van der Waals surface area (Å²) in [6.07, 6.45) is 11.6. The predicted molar refractivity (Wildman–Crippen MR) is 128 cm³/mol. The van der Waals surface area contributed by atoms with Gasteiger partial charge < -0.3 is 15.0 Å². The maximum Gasteiger partial charge on any atom is 0.310 e. The van der Waals surface area contributed by atoms with Crippen molar-refractivity contribution in [2.24, 2.45) is 44.8 Å². The third-order valence-electron chi connectivity index (χ3n) is 12.4. The molecule has 33 heavy (non-hydrogen) atoms. The van der Waals surface area contributed by atoms with Crippen molar-refractivity contribution < 1.29 is 19.8 Å². The minimum absolute atomic E-state index is 0.00439. The molecule has 0 aromatic carbocycles. The second-order valence-corrected chi connectivity index (χ2v) is 13.3. The highest BCUT2D eigenvalue weighted by Gasteiger charge is 2.69. The minimum atomic E-state index is -0.675. The molecular formula is C29H42O4. The molecule has 0 bridgehead atoms. The van der Waals surface area contributed by atoms with E-state index in [2.05, 4.69) is 33.4 Å². The SMILES string of the molecule is C=C1CC[C@]2(C(=O)O)CC[C@]3(C)C(=CC[C@@H]4[C@@]5(C)CC[C@H](O)C(C)(C=O)C5CC[C@]43C)[C@H]2C1. The van der Waals surface area contributed by atoms with E-state index < -0.39 is 22.9 Å². The summed E-state index contributed by atoms with van der Waals surface area (Å²) in [4.78, 5) is 24.9. The highest BCUT2D eigenvalue weighted by Crippen LogP contribution is 2.75. The Morgan fingerprint density at radius 3 is 2.45 bits per heavy atom. The molecule has 4 fully saturated rings. The van der Waals surface area contributed by atoms with Crippen molar-refractivity contribution >= 4 is 12.3 Å². The van der Waals surface area contributed by atoms with E-state index in [0.29, 0.717) is 12.3 Å². The molecule has 4 saturated carbocycles. The van der Waals surface area contributed by atoms with Gasteiger partial charge in [0.1, 0.15) is 6.29 Å². The molecule has 0 radical (unpaired) electrons. The Labute approximate surface area is 198 Å². The van der Waals surface area contributed by atoms with E-state index in [0.717, 1.165) is 64.1 Å². The van der Waals surface area contributed by atoms with Crippen molar-refractivity contribution in [2.45, 2.75) is 98.0 Å². The summed E-state index contributed by atoms with van der Waals surface area (Å²) in [6, 6.07) is 0. The molecule has 0 aromatic heterocycles. The third-order valence-corrected chi connectivity index (χ3v) is 12.4. The summed E-state index contributed by atoms with van der Waals surface area (Å²) in [7, 11) is 0. The van der Waals surface area contributed by atoms with Crippen molar-refractivity contribution in [1.29, 1.82) is 0 Å². The van der Waals surface area contributed by atoms with E-state index in [9.17, 15) is 19.8 Å². The van der Waals surface area contributed by atoms with Gasteiger partial charge in [-0.05, 0) is 92.3 Å². The van der Waals surface area contributed by atoms with Gasteiger partial charge >= 0.3 is 5.97 Å². The molecule has 0 saturated heterocycles. The number of aliphatic carboxylic acids is 1. The minimum Gasteiger partial charge on any atom is -0.481 e. The maximum atomic E-state index is 12.6. The zero-order chi connectivity index (χ0) is 24.0. The highest BCUT2D eigenvalue weighted by atomic mass is 16.4. The Kier molecular flexibility index (Phi) is 4.99. The lowest BCUT2D eigenvalue weighted by Gasteiger charge is -2.70. The Bertz CT molecular complexity index is 936. The zero-order valence-electron chi connectivity index (χ0n) is 21.0. The number of aldehydes is 1. The topological polar surface area (TPSA) is 74.6 Å². The molecule has 5 rings (SSSR count). The summed E-state index contributed by atoms with van der Waals surface area (Å²) >= 11 is 0. The number of fused-ring (bicyclic) bond motifs is 7. The van der Waals surface area contributed by atoms with Gasteiger partial charge in [-0.25, -0.2) is 0 Å². The lowest BCUT2D eigenvalue weighted by molar-refractivity contribution is -0.203. The number of rotatable bonds is 2. The second kappa shape index (κ2) is 7.06. The number of carbonyl (C=O) groups excluding carboxylic acids is 1. The molecule has 0 spiro atoms. The van der Waals surface area contributed by atoms with Crippen LogP contribution >= 0.6 is 0 Å². The number of hydrogen-bond donors (Lipinski definition) is 2. The van der Waals surface area contributed by atoms with Gasteiger partial charge in [0.25, 0.3) is 0 Å². The molecule has 0 amide bonds. The van der Waals surface area contributed by atoms with Gasteiger partial charge in [0, 0.05) is 5.92 Å². The summed E-state index contributed by atoms with van der Waals surface area (Å²) in [5, 5.41) is 21.2. The van der Waals surface area contributed by atoms with Crippen LogP contribution in [0, 0.1) is 44.8 Å². The van der Waals surface area contributed by atoms with E-state index in [4.69, 9.17) is 0 Å². The van der Waals surface area contributed by atoms with Gasteiger partial charge in [-0.3, -0.25) is 4.79 Å². The Morgan fingerprint density at radius 1 is 1.06 bits per heavy atom. The van der Waals surface area contributed by atoms with Crippen LogP contribution in [-0.2, 0) is 9.59 Å². The Balaban J connectivity index is 1.60. The molecule has 182 valence electrons. The van der Waals surface area contributed by atoms with Crippen LogP contribution in [0.1, 0.15) is 91.9 Å².